The number of nitrogens with two attached hydrogens (primary N) is 1. The lowest BCUT2D eigenvalue weighted by Gasteiger charge is -2.30. The molecule has 1 aliphatic heterocycles. The van der Waals surface area contributed by atoms with Crippen LogP contribution in [0.25, 0.3) is 0 Å². The van der Waals surface area contributed by atoms with Gasteiger partial charge in [0.15, 0.2) is 0 Å². The molecule has 1 aliphatic carbocycles. The Balaban J connectivity index is 1.65. The first kappa shape index (κ1) is 16.4. The molecule has 4 rings (SSSR count). The van der Waals surface area contributed by atoms with E-state index >= 15 is 0 Å². The van der Waals surface area contributed by atoms with Gasteiger partial charge in [0.1, 0.15) is 11.9 Å². The van der Waals surface area contributed by atoms with Crippen molar-refractivity contribution in [3.8, 4) is 11.8 Å². The minimum Gasteiger partial charge on any atom is -0.482 e. The summed E-state index contributed by atoms with van der Waals surface area (Å²) in [6.07, 6.45) is 1.91. The van der Waals surface area contributed by atoms with Crippen LogP contribution in [-0.2, 0) is 6.42 Å². The van der Waals surface area contributed by atoms with Crippen molar-refractivity contribution < 1.29 is 4.74 Å². The number of hydrogen-bond acceptors (Lipinski definition) is 4. The first-order valence-electron chi connectivity index (χ1n) is 8.59. The average molecular weight is 354 g/mol. The highest BCUT2D eigenvalue weighted by molar-refractivity contribution is 6.32. The second-order valence-corrected chi connectivity index (χ2v) is 7.22. The van der Waals surface area contributed by atoms with E-state index < -0.39 is 0 Å². The van der Waals surface area contributed by atoms with Gasteiger partial charge in [-0.3, -0.25) is 4.90 Å². The first-order chi connectivity index (χ1) is 12.2. The maximum atomic E-state index is 9.01. The van der Waals surface area contributed by atoms with E-state index in [-0.39, 0.29) is 18.2 Å². The molecule has 0 spiro atoms. The molecule has 128 valence electrons. The predicted octanol–water partition coefficient (Wildman–Crippen LogP) is 3.29. The molecule has 25 heavy (non-hydrogen) atoms. The van der Waals surface area contributed by atoms with Crippen molar-refractivity contribution in [2.75, 3.05) is 13.1 Å². The zero-order valence-electron chi connectivity index (χ0n) is 13.9. The number of nitrogens with zero attached hydrogens (tertiary/aromatic N) is 2. The Morgan fingerprint density at radius 3 is 2.80 bits per heavy atom. The quantitative estimate of drug-likeness (QED) is 0.919. The average Bonchev–Trinajstić information content (AvgIpc) is 3.20. The van der Waals surface area contributed by atoms with Crippen LogP contribution in [0.2, 0.25) is 5.02 Å². The van der Waals surface area contributed by atoms with Crippen molar-refractivity contribution in [2.24, 2.45) is 5.73 Å². The fourth-order valence-corrected chi connectivity index (χ4v) is 4.14. The molecule has 3 unspecified atom stereocenters. The van der Waals surface area contributed by atoms with E-state index in [1.807, 2.05) is 6.07 Å². The fraction of sp³-hybridized carbons (Fsp3) is 0.350. The van der Waals surface area contributed by atoms with Gasteiger partial charge >= 0.3 is 0 Å². The molecular weight excluding hydrogens is 334 g/mol. The molecule has 0 amide bonds. The maximum Gasteiger partial charge on any atom is 0.140 e. The highest BCUT2D eigenvalue weighted by Gasteiger charge is 2.40. The van der Waals surface area contributed by atoms with Crippen molar-refractivity contribution in [3.63, 3.8) is 0 Å². The zero-order chi connectivity index (χ0) is 17.4. The van der Waals surface area contributed by atoms with E-state index in [4.69, 9.17) is 27.3 Å². The van der Waals surface area contributed by atoms with Crippen LogP contribution in [-0.4, -0.2) is 30.1 Å². The molecule has 2 N–H and O–H groups in total. The standard InChI is InChI=1S/C20H20ClN3O/c21-17-9-13(11-22)5-6-19(17)25-20-16-4-2-1-3-14(16)10-18(20)24-8-7-15(23)12-24/h1-6,9,15,18,20H,7-8,10,12,23H2. The maximum absolute atomic E-state index is 9.01. The molecule has 0 bridgehead atoms. The fourth-order valence-electron chi connectivity index (χ4n) is 3.92. The van der Waals surface area contributed by atoms with Gasteiger partial charge in [-0.2, -0.15) is 5.26 Å². The molecule has 3 atom stereocenters. The lowest BCUT2D eigenvalue weighted by atomic mass is 10.1. The van der Waals surface area contributed by atoms with Crippen LogP contribution in [0.4, 0.5) is 0 Å². The van der Waals surface area contributed by atoms with E-state index in [0.29, 0.717) is 16.3 Å². The number of hydrogen-bond donors (Lipinski definition) is 1. The van der Waals surface area contributed by atoms with E-state index in [9.17, 15) is 0 Å². The first-order valence-corrected chi connectivity index (χ1v) is 8.97. The molecule has 2 aliphatic rings. The molecule has 2 aromatic carbocycles. The lowest BCUT2D eigenvalue weighted by molar-refractivity contribution is 0.0934. The summed E-state index contributed by atoms with van der Waals surface area (Å²) in [4.78, 5) is 2.44. The second-order valence-electron chi connectivity index (χ2n) is 6.81. The van der Waals surface area contributed by atoms with Crippen LogP contribution in [0.3, 0.4) is 0 Å². The van der Waals surface area contributed by atoms with Gasteiger partial charge in [0.25, 0.3) is 0 Å². The molecule has 1 heterocycles. The highest BCUT2D eigenvalue weighted by Crippen LogP contribution is 2.40. The van der Waals surface area contributed by atoms with Crippen LogP contribution in [0.15, 0.2) is 42.5 Å². The smallest absolute Gasteiger partial charge is 0.140 e. The molecule has 0 saturated carbocycles. The van der Waals surface area contributed by atoms with Gasteiger partial charge in [-0.1, -0.05) is 35.9 Å². The summed E-state index contributed by atoms with van der Waals surface area (Å²) in [5.41, 5.74) is 9.19. The van der Waals surface area contributed by atoms with Crippen LogP contribution < -0.4 is 10.5 Å². The monoisotopic (exact) mass is 353 g/mol. The number of benzene rings is 2. The molecule has 0 radical (unpaired) electrons. The Morgan fingerprint density at radius 1 is 1.24 bits per heavy atom. The summed E-state index contributed by atoms with van der Waals surface area (Å²) in [5, 5.41) is 9.48. The van der Waals surface area contributed by atoms with Gasteiger partial charge in [-0.25, -0.2) is 0 Å². The van der Waals surface area contributed by atoms with E-state index in [1.54, 1.807) is 18.2 Å². The highest BCUT2D eigenvalue weighted by atomic mass is 35.5. The summed E-state index contributed by atoms with van der Waals surface area (Å²) in [5.74, 6) is 0.621. The summed E-state index contributed by atoms with van der Waals surface area (Å²) in [6.45, 7) is 1.90. The van der Waals surface area contributed by atoms with Crippen LogP contribution >= 0.6 is 11.6 Å². The number of nitriles is 1. The van der Waals surface area contributed by atoms with Gasteiger partial charge < -0.3 is 10.5 Å². The molecule has 5 heteroatoms. The van der Waals surface area contributed by atoms with Crippen molar-refractivity contribution >= 4 is 11.6 Å². The van der Waals surface area contributed by atoms with E-state index in [1.165, 1.54) is 11.1 Å². The van der Waals surface area contributed by atoms with Crippen LogP contribution in [0.5, 0.6) is 5.75 Å². The third-order valence-corrected chi connectivity index (χ3v) is 5.48. The molecule has 1 saturated heterocycles. The summed E-state index contributed by atoms with van der Waals surface area (Å²) >= 11 is 6.33. The Hall–Kier alpha value is -2.06. The molecule has 0 aromatic heterocycles. The molecular formula is C20H20ClN3O. The third-order valence-electron chi connectivity index (χ3n) is 5.18. The number of fused-ring (bicyclic) bond motifs is 1. The van der Waals surface area contributed by atoms with Crippen molar-refractivity contribution in [3.05, 3.63) is 64.2 Å². The predicted molar refractivity (Wildman–Crippen MR) is 97.6 cm³/mol. The summed E-state index contributed by atoms with van der Waals surface area (Å²) in [7, 11) is 0. The van der Waals surface area contributed by atoms with Crippen molar-refractivity contribution in [1.29, 1.82) is 5.26 Å². The van der Waals surface area contributed by atoms with Crippen LogP contribution in [0.1, 0.15) is 29.2 Å². The van der Waals surface area contributed by atoms with Gasteiger partial charge in [-0.05, 0) is 42.2 Å². The minimum atomic E-state index is -0.0769. The van der Waals surface area contributed by atoms with Gasteiger partial charge in [0.2, 0.25) is 0 Å². The van der Waals surface area contributed by atoms with Gasteiger partial charge in [0, 0.05) is 19.1 Å². The SMILES string of the molecule is N#Cc1ccc(OC2c3ccccc3CC2N2CCC(N)C2)c(Cl)c1. The topological polar surface area (TPSA) is 62.3 Å². The number of rotatable bonds is 3. The van der Waals surface area contributed by atoms with E-state index in [2.05, 4.69) is 29.2 Å². The number of halogens is 1. The summed E-state index contributed by atoms with van der Waals surface area (Å²) in [6, 6.07) is 16.2. The van der Waals surface area contributed by atoms with Crippen molar-refractivity contribution in [1.82, 2.24) is 4.90 Å². The largest absolute Gasteiger partial charge is 0.482 e. The number of likely N-dealkylation sites (tertiary alicyclic amines) is 1. The minimum absolute atomic E-state index is 0.0769. The third kappa shape index (κ3) is 3.11. The number of ether oxygens (including phenoxy) is 1. The Kier molecular flexibility index (Phi) is 4.39. The van der Waals surface area contributed by atoms with E-state index in [0.717, 1.165) is 25.9 Å². The van der Waals surface area contributed by atoms with Crippen molar-refractivity contribution in [2.45, 2.75) is 31.0 Å². The molecule has 4 nitrogen and oxygen atoms in total. The Labute approximate surface area is 152 Å². The summed E-state index contributed by atoms with van der Waals surface area (Å²) < 4.78 is 6.37. The van der Waals surface area contributed by atoms with Crippen LogP contribution in [0, 0.1) is 11.3 Å². The zero-order valence-corrected chi connectivity index (χ0v) is 14.6. The lowest BCUT2D eigenvalue weighted by Crippen LogP contribution is -2.40. The normalized spacial score (nSPS) is 25.6. The second kappa shape index (κ2) is 6.68. The molecule has 2 aromatic rings. The Morgan fingerprint density at radius 2 is 2.08 bits per heavy atom. The Bertz CT molecular complexity index is 832. The molecule has 1 fully saturated rings. The van der Waals surface area contributed by atoms with Gasteiger partial charge in [-0.15, -0.1) is 0 Å². The van der Waals surface area contributed by atoms with Gasteiger partial charge in [0.05, 0.1) is 22.7 Å².